The first-order chi connectivity index (χ1) is 9.28. The predicted molar refractivity (Wildman–Crippen MR) is 79.4 cm³/mol. The first-order valence-electron chi connectivity index (χ1n) is 7.13. The van der Waals surface area contributed by atoms with Crippen LogP contribution in [-0.2, 0) is 6.54 Å². The van der Waals surface area contributed by atoms with Gasteiger partial charge in [0.05, 0.1) is 6.54 Å². The minimum absolute atomic E-state index is 0.438. The van der Waals surface area contributed by atoms with Gasteiger partial charge in [-0.2, -0.15) is 0 Å². The van der Waals surface area contributed by atoms with E-state index in [1.54, 1.807) is 0 Å². The summed E-state index contributed by atoms with van der Waals surface area (Å²) < 4.78 is 5.93. The van der Waals surface area contributed by atoms with Gasteiger partial charge in [-0.1, -0.05) is 19.9 Å². The Bertz CT molecular complexity index is 517. The van der Waals surface area contributed by atoms with Gasteiger partial charge in [0, 0.05) is 16.8 Å². The van der Waals surface area contributed by atoms with E-state index in [9.17, 15) is 0 Å². The first kappa shape index (κ1) is 12.9. The van der Waals surface area contributed by atoms with Crippen molar-refractivity contribution in [2.75, 3.05) is 0 Å². The normalized spacial score (nSPS) is 23.5. The molecule has 1 aliphatic carbocycles. The van der Waals surface area contributed by atoms with Crippen LogP contribution in [0.5, 0.6) is 0 Å². The number of nitrogens with one attached hydrogen (secondary N) is 1. The van der Waals surface area contributed by atoms with Gasteiger partial charge in [0.1, 0.15) is 11.5 Å². The van der Waals surface area contributed by atoms with E-state index in [0.29, 0.717) is 12.0 Å². The Labute approximate surface area is 118 Å². The average molecular weight is 275 g/mol. The fourth-order valence-corrected chi connectivity index (χ4v) is 3.45. The standard InChI is InChI=1S/C16H21NOS/c1-3-14(16-5-4-8-19-16)17-10-12-6-7-15(18-12)13-9-11(13)2/h4-8,11,13-14,17H,3,9-10H2,1-2H3. The van der Waals surface area contributed by atoms with Crippen LogP contribution < -0.4 is 5.32 Å². The topological polar surface area (TPSA) is 25.2 Å². The van der Waals surface area contributed by atoms with Crippen LogP contribution in [0.1, 0.15) is 55.0 Å². The molecule has 2 nitrogen and oxygen atoms in total. The van der Waals surface area contributed by atoms with E-state index in [1.165, 1.54) is 17.1 Å². The third-order valence-corrected chi connectivity index (χ3v) is 4.96. The van der Waals surface area contributed by atoms with E-state index in [2.05, 4.69) is 48.8 Å². The van der Waals surface area contributed by atoms with Gasteiger partial charge < -0.3 is 9.73 Å². The fourth-order valence-electron chi connectivity index (χ4n) is 2.57. The Morgan fingerprint density at radius 2 is 2.26 bits per heavy atom. The zero-order valence-corrected chi connectivity index (χ0v) is 12.4. The molecule has 3 unspecified atom stereocenters. The molecule has 0 aliphatic heterocycles. The van der Waals surface area contributed by atoms with E-state index < -0.39 is 0 Å². The maximum atomic E-state index is 5.93. The molecule has 3 rings (SSSR count). The summed E-state index contributed by atoms with van der Waals surface area (Å²) in [7, 11) is 0. The van der Waals surface area contributed by atoms with Gasteiger partial charge in [0.25, 0.3) is 0 Å². The molecule has 3 atom stereocenters. The third-order valence-electron chi connectivity index (χ3n) is 3.97. The minimum atomic E-state index is 0.438. The summed E-state index contributed by atoms with van der Waals surface area (Å²) in [5.74, 6) is 3.71. The summed E-state index contributed by atoms with van der Waals surface area (Å²) in [5.41, 5.74) is 0. The zero-order chi connectivity index (χ0) is 13.2. The summed E-state index contributed by atoms with van der Waals surface area (Å²) >= 11 is 1.82. The van der Waals surface area contributed by atoms with Crippen LogP contribution in [0.3, 0.4) is 0 Å². The lowest BCUT2D eigenvalue weighted by molar-refractivity contribution is 0.421. The molecule has 3 heteroatoms. The van der Waals surface area contributed by atoms with E-state index in [0.717, 1.165) is 24.6 Å². The Hall–Kier alpha value is -1.06. The van der Waals surface area contributed by atoms with Crippen molar-refractivity contribution < 1.29 is 4.42 Å². The van der Waals surface area contributed by atoms with Crippen LogP contribution in [0.2, 0.25) is 0 Å². The van der Waals surface area contributed by atoms with Crippen molar-refractivity contribution in [3.63, 3.8) is 0 Å². The molecular weight excluding hydrogens is 254 g/mol. The lowest BCUT2D eigenvalue weighted by atomic mass is 10.2. The Morgan fingerprint density at radius 1 is 1.42 bits per heavy atom. The molecule has 1 saturated carbocycles. The second kappa shape index (κ2) is 5.51. The van der Waals surface area contributed by atoms with Crippen LogP contribution in [0.15, 0.2) is 34.1 Å². The molecule has 0 radical (unpaired) electrons. The van der Waals surface area contributed by atoms with Gasteiger partial charge in [0.15, 0.2) is 0 Å². The van der Waals surface area contributed by atoms with E-state index in [1.807, 2.05) is 11.3 Å². The Kier molecular flexibility index (Phi) is 3.76. The summed E-state index contributed by atoms with van der Waals surface area (Å²) in [5, 5.41) is 5.73. The van der Waals surface area contributed by atoms with Crippen LogP contribution >= 0.6 is 11.3 Å². The van der Waals surface area contributed by atoms with Gasteiger partial charge in [-0.3, -0.25) is 0 Å². The van der Waals surface area contributed by atoms with Crippen molar-refractivity contribution >= 4 is 11.3 Å². The number of rotatable bonds is 6. The zero-order valence-electron chi connectivity index (χ0n) is 11.6. The van der Waals surface area contributed by atoms with Crippen LogP contribution in [0.4, 0.5) is 0 Å². The molecule has 0 amide bonds. The van der Waals surface area contributed by atoms with E-state index >= 15 is 0 Å². The Morgan fingerprint density at radius 3 is 2.89 bits per heavy atom. The van der Waals surface area contributed by atoms with Crippen LogP contribution in [0, 0.1) is 5.92 Å². The second-order valence-corrected chi connectivity index (χ2v) is 6.46. The van der Waals surface area contributed by atoms with Crippen molar-refractivity contribution in [3.05, 3.63) is 46.0 Å². The highest BCUT2D eigenvalue weighted by Crippen LogP contribution is 2.47. The molecule has 1 fully saturated rings. The largest absolute Gasteiger partial charge is 0.464 e. The number of thiophene rings is 1. The molecule has 0 saturated heterocycles. The Balaban J connectivity index is 1.57. The van der Waals surface area contributed by atoms with Crippen molar-refractivity contribution in [1.29, 1.82) is 0 Å². The lowest BCUT2D eigenvalue weighted by Gasteiger charge is -2.14. The highest BCUT2D eigenvalue weighted by molar-refractivity contribution is 7.10. The summed E-state index contributed by atoms with van der Waals surface area (Å²) in [6.07, 6.45) is 2.39. The number of hydrogen-bond donors (Lipinski definition) is 1. The van der Waals surface area contributed by atoms with Gasteiger partial charge in [-0.05, 0) is 42.3 Å². The van der Waals surface area contributed by atoms with Gasteiger partial charge in [0.2, 0.25) is 0 Å². The SMILES string of the molecule is CCC(NCc1ccc(C2CC2C)o1)c1cccs1. The predicted octanol–water partition coefficient (Wildman–Crippen LogP) is 4.71. The molecular formula is C16H21NOS. The molecule has 2 heterocycles. The maximum absolute atomic E-state index is 5.93. The summed E-state index contributed by atoms with van der Waals surface area (Å²) in [6, 6.07) is 9.02. The van der Waals surface area contributed by atoms with Gasteiger partial charge in [-0.25, -0.2) is 0 Å². The molecule has 1 aliphatic rings. The quantitative estimate of drug-likeness (QED) is 0.826. The highest BCUT2D eigenvalue weighted by atomic mass is 32.1. The molecule has 2 aromatic rings. The van der Waals surface area contributed by atoms with Crippen LogP contribution in [-0.4, -0.2) is 0 Å². The highest BCUT2D eigenvalue weighted by Gasteiger charge is 2.36. The molecule has 19 heavy (non-hydrogen) atoms. The maximum Gasteiger partial charge on any atom is 0.117 e. The van der Waals surface area contributed by atoms with Crippen molar-refractivity contribution in [2.45, 2.75) is 45.2 Å². The lowest BCUT2D eigenvalue weighted by Crippen LogP contribution is -2.18. The summed E-state index contributed by atoms with van der Waals surface area (Å²) in [6.45, 7) is 5.32. The van der Waals surface area contributed by atoms with Crippen LogP contribution in [0.25, 0.3) is 0 Å². The molecule has 2 aromatic heterocycles. The first-order valence-corrected chi connectivity index (χ1v) is 8.01. The summed E-state index contributed by atoms with van der Waals surface area (Å²) in [4.78, 5) is 1.41. The fraction of sp³-hybridized carbons (Fsp3) is 0.500. The molecule has 0 aromatic carbocycles. The van der Waals surface area contributed by atoms with Crippen molar-refractivity contribution in [1.82, 2.24) is 5.32 Å². The van der Waals surface area contributed by atoms with Crippen molar-refractivity contribution in [2.24, 2.45) is 5.92 Å². The van der Waals surface area contributed by atoms with E-state index in [4.69, 9.17) is 4.42 Å². The smallest absolute Gasteiger partial charge is 0.117 e. The monoisotopic (exact) mass is 275 g/mol. The van der Waals surface area contributed by atoms with Crippen molar-refractivity contribution in [3.8, 4) is 0 Å². The molecule has 102 valence electrons. The van der Waals surface area contributed by atoms with Gasteiger partial charge >= 0.3 is 0 Å². The minimum Gasteiger partial charge on any atom is -0.464 e. The molecule has 0 spiro atoms. The number of hydrogen-bond acceptors (Lipinski definition) is 3. The number of furan rings is 1. The molecule has 0 bridgehead atoms. The average Bonchev–Trinajstić information content (AvgIpc) is 2.90. The van der Waals surface area contributed by atoms with Gasteiger partial charge in [-0.15, -0.1) is 11.3 Å². The van der Waals surface area contributed by atoms with E-state index in [-0.39, 0.29) is 0 Å². The molecule has 1 N–H and O–H groups in total. The third kappa shape index (κ3) is 2.93. The second-order valence-electron chi connectivity index (χ2n) is 5.48.